The van der Waals surface area contributed by atoms with Crippen LogP contribution in [0.25, 0.3) is 118 Å². The van der Waals surface area contributed by atoms with Crippen LogP contribution in [-0.4, -0.2) is 24.5 Å². The average molecular weight is 884 g/mol. The molecule has 3 heterocycles. The lowest BCUT2D eigenvalue weighted by Gasteiger charge is -2.17. The van der Waals surface area contributed by atoms with E-state index in [1.165, 1.54) is 22.3 Å². The summed E-state index contributed by atoms with van der Waals surface area (Å²) in [5.41, 5.74) is 19.3. The van der Waals surface area contributed by atoms with Crippen LogP contribution in [0.15, 0.2) is 237 Å². The summed E-state index contributed by atoms with van der Waals surface area (Å²) in [5.74, 6) is 1.20. The molecule has 0 aliphatic heterocycles. The van der Waals surface area contributed by atoms with Gasteiger partial charge < -0.3 is 4.57 Å². The Hall–Kier alpha value is -9.06. The maximum Gasteiger partial charge on any atom is 0.162 e. The van der Waals surface area contributed by atoms with Crippen LogP contribution in [0.2, 0.25) is 0 Å². The fourth-order valence-corrected chi connectivity index (χ4v) is 9.63. The van der Waals surface area contributed by atoms with E-state index in [4.69, 9.17) is 19.9 Å². The molecule has 0 fully saturated rings. The van der Waals surface area contributed by atoms with Gasteiger partial charge in [0.2, 0.25) is 0 Å². The highest BCUT2D eigenvalue weighted by Gasteiger charge is 2.22. The number of nitrogens with zero attached hydrogens (tertiary/aromatic N) is 5. The number of aryl methyl sites for hydroxylation is 2. The number of hydrogen-bond acceptors (Lipinski definition) is 4. The largest absolute Gasteiger partial charge is 0.308 e. The molecule has 0 spiro atoms. The quantitative estimate of drug-likeness (QED) is 0.145. The molecule has 12 aromatic rings. The summed E-state index contributed by atoms with van der Waals surface area (Å²) < 4.78 is 2.42. The Kier molecular flexibility index (Phi) is 10.6. The molecule has 0 radical (unpaired) electrons. The second-order valence-corrected chi connectivity index (χ2v) is 17.5. The molecule has 0 saturated heterocycles. The van der Waals surface area contributed by atoms with E-state index >= 15 is 0 Å². The van der Waals surface area contributed by atoms with E-state index in [2.05, 4.69) is 206 Å². The highest BCUT2D eigenvalue weighted by Crippen LogP contribution is 2.42. The molecule has 5 heteroatoms. The minimum Gasteiger partial charge on any atom is -0.308 e. The normalized spacial score (nSPS) is 11.3. The van der Waals surface area contributed by atoms with E-state index in [1.807, 2.05) is 48.5 Å². The van der Waals surface area contributed by atoms with Crippen molar-refractivity contribution in [1.29, 1.82) is 0 Å². The molecule has 326 valence electrons. The lowest BCUT2D eigenvalue weighted by Crippen LogP contribution is -2.03. The van der Waals surface area contributed by atoms with Crippen LogP contribution in [0.3, 0.4) is 0 Å². The van der Waals surface area contributed by atoms with Crippen molar-refractivity contribution >= 4 is 21.8 Å². The zero-order valence-corrected chi connectivity index (χ0v) is 38.3. The third-order valence-corrected chi connectivity index (χ3v) is 13.1. The molecule has 0 atom stereocenters. The van der Waals surface area contributed by atoms with Crippen LogP contribution < -0.4 is 0 Å². The van der Waals surface area contributed by atoms with Crippen LogP contribution in [0.1, 0.15) is 11.1 Å². The molecule has 0 aliphatic carbocycles. The maximum atomic E-state index is 5.48. The molecule has 0 saturated carbocycles. The second kappa shape index (κ2) is 17.6. The lowest BCUT2D eigenvalue weighted by atomic mass is 9.98. The van der Waals surface area contributed by atoms with Crippen LogP contribution in [0, 0.1) is 13.8 Å². The van der Waals surface area contributed by atoms with Crippen LogP contribution in [0.5, 0.6) is 0 Å². The fourth-order valence-electron chi connectivity index (χ4n) is 9.63. The molecule has 69 heavy (non-hydrogen) atoms. The van der Waals surface area contributed by atoms with Gasteiger partial charge in [0.1, 0.15) is 0 Å². The predicted octanol–water partition coefficient (Wildman–Crippen LogP) is 16.3. The van der Waals surface area contributed by atoms with Crippen molar-refractivity contribution in [3.8, 4) is 95.7 Å². The first kappa shape index (κ1) is 41.4. The van der Waals surface area contributed by atoms with E-state index in [-0.39, 0.29) is 0 Å². The van der Waals surface area contributed by atoms with Crippen molar-refractivity contribution in [1.82, 2.24) is 24.5 Å². The van der Waals surface area contributed by atoms with E-state index in [0.29, 0.717) is 11.6 Å². The Morgan fingerprint density at radius 3 is 1.04 bits per heavy atom. The van der Waals surface area contributed by atoms with Gasteiger partial charge in [0.25, 0.3) is 0 Å². The van der Waals surface area contributed by atoms with Gasteiger partial charge in [0.15, 0.2) is 11.6 Å². The van der Waals surface area contributed by atoms with Gasteiger partial charge in [-0.1, -0.05) is 194 Å². The number of rotatable bonds is 9. The van der Waals surface area contributed by atoms with Gasteiger partial charge >= 0.3 is 0 Å². The summed E-state index contributed by atoms with van der Waals surface area (Å²) in [4.78, 5) is 21.6. The minimum atomic E-state index is 0.592. The molecular weight excluding hydrogens is 839 g/mol. The SMILES string of the molecule is Cc1ccccc1-c1ccc2c3ccc(-c4ccccc4C)cc3n(-c3ccc(-c4nc(-c5ccccc5)cc(-c5ccccc5)n4)cc3-c3nc(-c4ccccc4)cc(-c4ccccc4)n3)c2c1. The second-order valence-electron chi connectivity index (χ2n) is 17.5. The van der Waals surface area contributed by atoms with Gasteiger partial charge in [-0.05, 0) is 89.7 Å². The zero-order valence-electron chi connectivity index (χ0n) is 38.3. The minimum absolute atomic E-state index is 0.592. The summed E-state index contributed by atoms with van der Waals surface area (Å²) in [7, 11) is 0. The van der Waals surface area contributed by atoms with Crippen molar-refractivity contribution in [2.45, 2.75) is 13.8 Å². The van der Waals surface area contributed by atoms with Gasteiger partial charge in [0, 0.05) is 44.2 Å². The standard InChI is InChI=1S/C64H45N5/c1-42-19-15-17-29-51(42)48-31-34-53-54-35-32-49(52-30-18-16-20-43(52)2)39-62(54)69(61(53)38-48)60-36-33-50(63-65-56(44-21-7-3-8-22-44)40-57(66-63)45-23-9-4-10-24-45)37-55(60)64-67-58(46-25-11-5-12-26-46)41-59(68-64)47-27-13-6-14-28-47/h3-41H,1-2H3. The molecule has 0 amide bonds. The molecule has 9 aromatic carbocycles. The number of aromatic nitrogens is 5. The third kappa shape index (κ3) is 7.86. The van der Waals surface area contributed by atoms with Gasteiger partial charge in [-0.15, -0.1) is 0 Å². The molecule has 3 aromatic heterocycles. The molecule has 12 rings (SSSR count). The highest BCUT2D eigenvalue weighted by molar-refractivity contribution is 6.12. The van der Waals surface area contributed by atoms with Crippen LogP contribution in [-0.2, 0) is 0 Å². The zero-order chi connectivity index (χ0) is 46.3. The average Bonchev–Trinajstić information content (AvgIpc) is 3.74. The molecule has 5 nitrogen and oxygen atoms in total. The van der Waals surface area contributed by atoms with Gasteiger partial charge in [-0.3, -0.25) is 0 Å². The van der Waals surface area contributed by atoms with E-state index in [0.717, 1.165) is 94.8 Å². The molecule has 0 aliphatic rings. The van der Waals surface area contributed by atoms with E-state index in [1.54, 1.807) is 0 Å². The van der Waals surface area contributed by atoms with E-state index in [9.17, 15) is 0 Å². The van der Waals surface area contributed by atoms with Crippen molar-refractivity contribution in [3.63, 3.8) is 0 Å². The first-order chi connectivity index (χ1) is 34.0. The molecule has 0 unspecified atom stereocenters. The molecular formula is C64H45N5. The number of fused-ring (bicyclic) bond motifs is 3. The first-order valence-electron chi connectivity index (χ1n) is 23.4. The van der Waals surface area contributed by atoms with Crippen LogP contribution >= 0.6 is 0 Å². The highest BCUT2D eigenvalue weighted by atomic mass is 15.0. The summed E-state index contributed by atoms with van der Waals surface area (Å²) >= 11 is 0. The van der Waals surface area contributed by atoms with Crippen molar-refractivity contribution in [3.05, 3.63) is 248 Å². The first-order valence-corrected chi connectivity index (χ1v) is 23.4. The molecule has 0 bridgehead atoms. The van der Waals surface area contributed by atoms with Gasteiger partial charge in [0.05, 0.1) is 39.5 Å². The Bertz CT molecular complexity index is 3620. The predicted molar refractivity (Wildman–Crippen MR) is 285 cm³/mol. The Labute approximate surface area is 401 Å². The van der Waals surface area contributed by atoms with Crippen molar-refractivity contribution in [2.24, 2.45) is 0 Å². The number of hydrogen-bond donors (Lipinski definition) is 0. The smallest absolute Gasteiger partial charge is 0.162 e. The maximum absolute atomic E-state index is 5.48. The third-order valence-electron chi connectivity index (χ3n) is 13.1. The Morgan fingerprint density at radius 2 is 0.638 bits per heavy atom. The van der Waals surface area contributed by atoms with Crippen molar-refractivity contribution in [2.75, 3.05) is 0 Å². The monoisotopic (exact) mass is 883 g/mol. The summed E-state index contributed by atoms with van der Waals surface area (Å²) in [6, 6.07) is 83.2. The summed E-state index contributed by atoms with van der Waals surface area (Å²) in [6.45, 7) is 4.36. The fraction of sp³-hybridized carbons (Fsp3) is 0.0312. The van der Waals surface area contributed by atoms with Gasteiger partial charge in [-0.2, -0.15) is 0 Å². The Balaban J connectivity index is 1.18. The topological polar surface area (TPSA) is 56.5 Å². The van der Waals surface area contributed by atoms with Crippen LogP contribution in [0.4, 0.5) is 0 Å². The van der Waals surface area contributed by atoms with E-state index < -0.39 is 0 Å². The Morgan fingerprint density at radius 1 is 0.275 bits per heavy atom. The summed E-state index contributed by atoms with van der Waals surface area (Å²) in [5, 5.41) is 2.31. The lowest BCUT2D eigenvalue weighted by molar-refractivity contribution is 1.13. The summed E-state index contributed by atoms with van der Waals surface area (Å²) in [6.07, 6.45) is 0. The molecule has 0 N–H and O–H groups in total. The van der Waals surface area contributed by atoms with Crippen molar-refractivity contribution < 1.29 is 0 Å². The van der Waals surface area contributed by atoms with Gasteiger partial charge in [-0.25, -0.2) is 19.9 Å². The number of benzene rings is 9.